The van der Waals surface area contributed by atoms with Gasteiger partial charge in [-0.1, -0.05) is 33.7 Å². The predicted molar refractivity (Wildman–Crippen MR) is 89.1 cm³/mol. The summed E-state index contributed by atoms with van der Waals surface area (Å²) >= 11 is 0. The largest absolute Gasteiger partial charge is 0.256 e. The minimum atomic E-state index is 0.539. The Hall–Kier alpha value is -1.26. The first-order valence-electron chi connectivity index (χ1n) is 6.84. The van der Waals surface area contributed by atoms with Crippen LogP contribution >= 0.6 is 21.6 Å². The lowest BCUT2D eigenvalue weighted by atomic mass is 10.1. The van der Waals surface area contributed by atoms with Crippen LogP contribution < -0.4 is 0 Å². The fourth-order valence-corrected chi connectivity index (χ4v) is 5.40. The zero-order valence-corrected chi connectivity index (χ0v) is 12.6. The van der Waals surface area contributed by atoms with Gasteiger partial charge >= 0.3 is 0 Å². The highest BCUT2D eigenvalue weighted by Gasteiger charge is 2.18. The second-order valence-electron chi connectivity index (χ2n) is 4.99. The molecule has 0 amide bonds. The van der Waals surface area contributed by atoms with Crippen molar-refractivity contribution in [1.82, 2.24) is 9.97 Å². The number of hydrogen-bond donors (Lipinski definition) is 0. The highest BCUT2D eigenvalue weighted by molar-refractivity contribution is 8.76. The summed E-state index contributed by atoms with van der Waals surface area (Å²) in [4.78, 5) is 9.38. The zero-order valence-electron chi connectivity index (χ0n) is 11.0. The Morgan fingerprint density at radius 1 is 1.10 bits per heavy atom. The monoisotopic (exact) mass is 298 g/mol. The Morgan fingerprint density at radius 2 is 2.10 bits per heavy atom. The molecule has 4 rings (SSSR count). The second-order valence-corrected chi connectivity index (χ2v) is 7.68. The predicted octanol–water partition coefficient (Wildman–Crippen LogP) is 5.00. The van der Waals surface area contributed by atoms with Gasteiger partial charge in [0.05, 0.1) is 22.0 Å². The molecule has 1 aromatic carbocycles. The van der Waals surface area contributed by atoms with Gasteiger partial charge in [-0.15, -0.1) is 0 Å². The lowest BCUT2D eigenvalue weighted by molar-refractivity contribution is 0.768. The van der Waals surface area contributed by atoms with Crippen molar-refractivity contribution in [3.05, 3.63) is 48.3 Å². The molecule has 0 saturated carbocycles. The molecule has 100 valence electrons. The lowest BCUT2D eigenvalue weighted by Crippen LogP contribution is -2.01. The number of nitrogens with zero attached hydrogens (tertiary/aromatic N) is 2. The first kappa shape index (κ1) is 12.5. The van der Waals surface area contributed by atoms with E-state index in [1.54, 1.807) is 0 Å². The quantitative estimate of drug-likeness (QED) is 0.466. The average molecular weight is 298 g/mol. The van der Waals surface area contributed by atoms with Gasteiger partial charge in [-0.25, -0.2) is 0 Å². The molecule has 1 aliphatic heterocycles. The topological polar surface area (TPSA) is 25.8 Å². The average Bonchev–Trinajstić information content (AvgIpc) is 2.55. The van der Waals surface area contributed by atoms with Crippen molar-refractivity contribution < 1.29 is 0 Å². The van der Waals surface area contributed by atoms with E-state index in [4.69, 9.17) is 4.98 Å². The Morgan fingerprint density at radius 3 is 3.00 bits per heavy atom. The van der Waals surface area contributed by atoms with Crippen molar-refractivity contribution in [2.45, 2.75) is 18.1 Å². The van der Waals surface area contributed by atoms with E-state index in [0.717, 1.165) is 16.4 Å². The maximum atomic E-state index is 4.87. The van der Waals surface area contributed by atoms with Gasteiger partial charge in [0.15, 0.2) is 0 Å². The van der Waals surface area contributed by atoms with Crippen molar-refractivity contribution in [3.63, 3.8) is 0 Å². The van der Waals surface area contributed by atoms with E-state index in [-0.39, 0.29) is 0 Å². The molecule has 0 aliphatic carbocycles. The van der Waals surface area contributed by atoms with Gasteiger partial charge in [-0.2, -0.15) is 0 Å². The second kappa shape index (κ2) is 5.26. The highest BCUT2D eigenvalue weighted by atomic mass is 33.1. The number of aromatic nitrogens is 2. The molecular formula is C16H14N2S2. The van der Waals surface area contributed by atoms with Gasteiger partial charge in [-0.3, -0.25) is 9.97 Å². The summed E-state index contributed by atoms with van der Waals surface area (Å²) in [6, 6.07) is 12.7. The van der Waals surface area contributed by atoms with Crippen molar-refractivity contribution in [1.29, 1.82) is 0 Å². The van der Waals surface area contributed by atoms with Crippen molar-refractivity contribution >= 4 is 43.4 Å². The van der Waals surface area contributed by atoms with Crippen LogP contribution in [0.2, 0.25) is 0 Å². The van der Waals surface area contributed by atoms with Crippen LogP contribution in [0.5, 0.6) is 0 Å². The van der Waals surface area contributed by atoms with Crippen LogP contribution in [0.25, 0.3) is 21.8 Å². The molecule has 0 radical (unpaired) electrons. The molecule has 1 fully saturated rings. The van der Waals surface area contributed by atoms with Crippen LogP contribution in [0.3, 0.4) is 0 Å². The summed E-state index contributed by atoms with van der Waals surface area (Å²) in [7, 11) is 3.94. The molecule has 0 bridgehead atoms. The summed E-state index contributed by atoms with van der Waals surface area (Å²) in [5.74, 6) is 1.27. The standard InChI is InChI=1S/C16H14N2S2/c1-3-11-5-7-13-12(16(11)17-9-1)6-8-14(18-13)15-4-2-10-19-20-15/h1,3,5-9,15H,2,4,10H2. The molecular weight excluding hydrogens is 284 g/mol. The SMILES string of the molecule is c1cnc2c(c1)ccc1nc(C3CCCSS3)ccc12. The van der Waals surface area contributed by atoms with Crippen LogP contribution in [-0.4, -0.2) is 15.7 Å². The van der Waals surface area contributed by atoms with Gasteiger partial charge in [0.2, 0.25) is 0 Å². The summed E-state index contributed by atoms with van der Waals surface area (Å²) in [6.45, 7) is 0. The van der Waals surface area contributed by atoms with E-state index in [9.17, 15) is 0 Å². The minimum Gasteiger partial charge on any atom is -0.256 e. The summed E-state index contributed by atoms with van der Waals surface area (Å²) in [6.07, 6.45) is 4.38. The molecule has 0 spiro atoms. The first-order valence-corrected chi connectivity index (χ1v) is 9.23. The van der Waals surface area contributed by atoms with Crippen LogP contribution in [0.4, 0.5) is 0 Å². The lowest BCUT2D eigenvalue weighted by Gasteiger charge is -2.20. The number of fused-ring (bicyclic) bond motifs is 3. The van der Waals surface area contributed by atoms with E-state index in [0.29, 0.717) is 5.25 Å². The van der Waals surface area contributed by atoms with Gasteiger partial charge in [-0.05, 0) is 37.1 Å². The van der Waals surface area contributed by atoms with E-state index in [2.05, 4.69) is 35.3 Å². The Labute approximate surface area is 125 Å². The number of hydrogen-bond acceptors (Lipinski definition) is 4. The highest BCUT2D eigenvalue weighted by Crippen LogP contribution is 2.45. The fraction of sp³-hybridized carbons (Fsp3) is 0.250. The van der Waals surface area contributed by atoms with E-state index < -0.39 is 0 Å². The number of pyridine rings is 2. The molecule has 4 heteroatoms. The van der Waals surface area contributed by atoms with Crippen molar-refractivity contribution in [2.75, 3.05) is 5.75 Å². The fourth-order valence-electron chi connectivity index (χ4n) is 2.65. The Bertz CT molecular complexity index is 767. The van der Waals surface area contributed by atoms with Gasteiger partial charge < -0.3 is 0 Å². The van der Waals surface area contributed by atoms with Gasteiger partial charge in [0, 0.05) is 22.7 Å². The number of benzene rings is 1. The van der Waals surface area contributed by atoms with Crippen molar-refractivity contribution in [3.8, 4) is 0 Å². The van der Waals surface area contributed by atoms with E-state index >= 15 is 0 Å². The smallest absolute Gasteiger partial charge is 0.0795 e. The van der Waals surface area contributed by atoms with Crippen LogP contribution in [-0.2, 0) is 0 Å². The molecule has 2 aromatic heterocycles. The molecule has 0 N–H and O–H groups in total. The van der Waals surface area contributed by atoms with Crippen LogP contribution in [0.15, 0.2) is 42.6 Å². The molecule has 1 atom stereocenters. The van der Waals surface area contributed by atoms with Gasteiger partial charge in [0.1, 0.15) is 0 Å². The van der Waals surface area contributed by atoms with Gasteiger partial charge in [0.25, 0.3) is 0 Å². The molecule has 3 aromatic rings. The molecule has 3 heterocycles. The van der Waals surface area contributed by atoms with E-state index in [1.807, 2.05) is 33.9 Å². The normalized spacial score (nSPS) is 19.5. The van der Waals surface area contributed by atoms with E-state index in [1.165, 1.54) is 29.7 Å². The third kappa shape index (κ3) is 2.17. The Balaban J connectivity index is 1.85. The maximum Gasteiger partial charge on any atom is 0.0795 e. The molecule has 1 unspecified atom stereocenters. The summed E-state index contributed by atoms with van der Waals surface area (Å²) in [5, 5.41) is 2.87. The summed E-state index contributed by atoms with van der Waals surface area (Å²) in [5.41, 5.74) is 3.32. The molecule has 1 saturated heterocycles. The van der Waals surface area contributed by atoms with Crippen LogP contribution in [0, 0.1) is 0 Å². The third-order valence-electron chi connectivity index (χ3n) is 3.67. The van der Waals surface area contributed by atoms with Crippen molar-refractivity contribution in [2.24, 2.45) is 0 Å². The molecule has 2 nitrogen and oxygen atoms in total. The number of rotatable bonds is 1. The maximum absolute atomic E-state index is 4.87. The minimum absolute atomic E-state index is 0.539. The molecule has 1 aliphatic rings. The Kier molecular flexibility index (Phi) is 3.28. The zero-order chi connectivity index (χ0) is 13.4. The van der Waals surface area contributed by atoms with Crippen LogP contribution in [0.1, 0.15) is 23.8 Å². The summed E-state index contributed by atoms with van der Waals surface area (Å²) < 4.78 is 0. The first-order chi connectivity index (χ1) is 9.92. The third-order valence-corrected chi connectivity index (χ3v) is 6.58. The molecule has 20 heavy (non-hydrogen) atoms.